The third kappa shape index (κ3) is 4.19. The number of aromatic hydroxyl groups is 1. The maximum absolute atomic E-state index is 12.9. The molecule has 0 aliphatic heterocycles. The van der Waals surface area contributed by atoms with Crippen LogP contribution in [0.3, 0.4) is 0 Å². The van der Waals surface area contributed by atoms with Crippen LogP contribution < -0.4 is 5.73 Å². The Morgan fingerprint density at radius 1 is 1.00 bits per heavy atom. The molecule has 3 aromatic carbocycles. The summed E-state index contributed by atoms with van der Waals surface area (Å²) in [6.45, 7) is 0. The number of hydrogen-bond donors (Lipinski definition) is 3. The SMILES string of the molecule is Nc1ccc2cc(S(=O)(=O)O)cc(O)c2c1N=Nc1ccc(F)cc1.[Na]. The summed E-state index contributed by atoms with van der Waals surface area (Å²) in [4.78, 5) is -0.455. The maximum atomic E-state index is 12.9. The van der Waals surface area contributed by atoms with Gasteiger partial charge in [-0.3, -0.25) is 4.55 Å². The predicted molar refractivity (Wildman–Crippen MR) is 96.2 cm³/mol. The first-order valence-corrected chi connectivity index (χ1v) is 8.40. The molecular formula is C16H12FN3NaO4S. The number of azo groups is 1. The number of halogens is 1. The number of fused-ring (bicyclic) bond motifs is 1. The third-order valence-electron chi connectivity index (χ3n) is 3.46. The summed E-state index contributed by atoms with van der Waals surface area (Å²) in [7, 11) is -4.48. The van der Waals surface area contributed by atoms with Gasteiger partial charge in [-0.2, -0.15) is 13.5 Å². The van der Waals surface area contributed by atoms with Crippen molar-refractivity contribution in [2.24, 2.45) is 10.2 Å². The van der Waals surface area contributed by atoms with Crippen LogP contribution in [-0.4, -0.2) is 47.6 Å². The first kappa shape index (κ1) is 20.3. The van der Waals surface area contributed by atoms with Gasteiger partial charge in [-0.25, -0.2) is 4.39 Å². The van der Waals surface area contributed by atoms with Gasteiger partial charge in [-0.1, -0.05) is 6.07 Å². The van der Waals surface area contributed by atoms with Crippen LogP contribution in [0.5, 0.6) is 5.75 Å². The van der Waals surface area contributed by atoms with E-state index in [0.717, 1.165) is 6.07 Å². The van der Waals surface area contributed by atoms with Gasteiger partial charge in [-0.15, -0.1) is 5.11 Å². The van der Waals surface area contributed by atoms with Gasteiger partial charge in [0.05, 0.1) is 21.7 Å². The molecule has 3 aromatic rings. The Labute approximate surface area is 170 Å². The number of phenolic OH excluding ortho intramolecular Hbond substituents is 1. The quantitative estimate of drug-likeness (QED) is 0.276. The Balaban J connectivity index is 0.00000243. The molecule has 4 N–H and O–H groups in total. The molecule has 0 unspecified atom stereocenters. The average Bonchev–Trinajstić information content (AvgIpc) is 2.54. The zero-order chi connectivity index (χ0) is 18.2. The summed E-state index contributed by atoms with van der Waals surface area (Å²) >= 11 is 0. The van der Waals surface area contributed by atoms with Crippen molar-refractivity contribution in [1.82, 2.24) is 0 Å². The molecule has 0 amide bonds. The van der Waals surface area contributed by atoms with Crippen molar-refractivity contribution in [1.29, 1.82) is 0 Å². The van der Waals surface area contributed by atoms with Crippen LogP contribution in [0.25, 0.3) is 10.8 Å². The molecule has 0 aliphatic carbocycles. The predicted octanol–water partition coefficient (Wildman–Crippen LogP) is 3.55. The number of phenols is 1. The zero-order valence-electron chi connectivity index (χ0n) is 13.6. The van der Waals surface area contributed by atoms with E-state index in [1.165, 1.54) is 42.5 Å². The van der Waals surface area contributed by atoms with Gasteiger partial charge in [0.1, 0.15) is 17.3 Å². The molecule has 26 heavy (non-hydrogen) atoms. The Kier molecular flexibility index (Phi) is 5.99. The number of hydrogen-bond acceptors (Lipinski definition) is 6. The fraction of sp³-hybridized carbons (Fsp3) is 0. The van der Waals surface area contributed by atoms with Crippen molar-refractivity contribution in [2.45, 2.75) is 4.90 Å². The van der Waals surface area contributed by atoms with Crippen LogP contribution in [0, 0.1) is 5.82 Å². The van der Waals surface area contributed by atoms with Crippen molar-refractivity contribution in [2.75, 3.05) is 5.73 Å². The molecular weight excluding hydrogens is 372 g/mol. The second-order valence-electron chi connectivity index (χ2n) is 5.20. The van der Waals surface area contributed by atoms with Gasteiger partial charge in [0.2, 0.25) is 0 Å². The van der Waals surface area contributed by atoms with E-state index in [1.54, 1.807) is 0 Å². The van der Waals surface area contributed by atoms with E-state index in [4.69, 9.17) is 10.3 Å². The van der Waals surface area contributed by atoms with Gasteiger partial charge < -0.3 is 10.8 Å². The van der Waals surface area contributed by atoms with Crippen LogP contribution in [0.2, 0.25) is 0 Å². The summed E-state index contributed by atoms with van der Waals surface area (Å²) in [5.41, 5.74) is 6.57. The van der Waals surface area contributed by atoms with Gasteiger partial charge in [0.15, 0.2) is 0 Å². The van der Waals surface area contributed by atoms with Gasteiger partial charge in [-0.05, 0) is 41.8 Å². The van der Waals surface area contributed by atoms with E-state index >= 15 is 0 Å². The molecule has 0 atom stereocenters. The minimum atomic E-state index is -4.48. The van der Waals surface area contributed by atoms with Crippen LogP contribution in [0.15, 0.2) is 63.7 Å². The normalized spacial score (nSPS) is 11.6. The van der Waals surface area contributed by atoms with Crippen LogP contribution in [0.4, 0.5) is 21.5 Å². The number of nitrogens with two attached hydrogens (primary N) is 1. The van der Waals surface area contributed by atoms with Gasteiger partial charge in [0.25, 0.3) is 10.1 Å². The van der Waals surface area contributed by atoms with E-state index < -0.39 is 26.6 Å². The van der Waals surface area contributed by atoms with Gasteiger partial charge in [0, 0.05) is 35.6 Å². The molecule has 0 spiro atoms. The Bertz CT molecular complexity index is 1100. The Morgan fingerprint density at radius 2 is 1.65 bits per heavy atom. The molecule has 0 saturated heterocycles. The number of anilines is 1. The summed E-state index contributed by atoms with van der Waals surface area (Å²) in [6, 6.07) is 10.3. The molecule has 0 aromatic heterocycles. The molecule has 0 heterocycles. The van der Waals surface area contributed by atoms with Crippen LogP contribution in [-0.2, 0) is 10.1 Å². The molecule has 10 heteroatoms. The van der Waals surface area contributed by atoms with E-state index in [-0.39, 0.29) is 46.3 Å². The van der Waals surface area contributed by atoms with Crippen molar-refractivity contribution in [3.05, 3.63) is 54.3 Å². The van der Waals surface area contributed by atoms with Crippen molar-refractivity contribution < 1.29 is 22.5 Å². The number of nitrogens with zero attached hydrogens (tertiary/aromatic N) is 2. The second kappa shape index (κ2) is 7.68. The van der Waals surface area contributed by atoms with E-state index in [2.05, 4.69) is 10.2 Å². The molecule has 0 saturated carbocycles. The molecule has 0 aliphatic rings. The zero-order valence-corrected chi connectivity index (χ0v) is 16.4. The van der Waals surface area contributed by atoms with E-state index in [1.807, 2.05) is 0 Å². The van der Waals surface area contributed by atoms with Crippen molar-refractivity contribution >= 4 is 67.5 Å². The monoisotopic (exact) mass is 384 g/mol. The topological polar surface area (TPSA) is 125 Å². The number of nitrogen functional groups attached to an aromatic ring is 1. The summed E-state index contributed by atoms with van der Waals surface area (Å²) in [6.07, 6.45) is 0. The third-order valence-corrected chi connectivity index (χ3v) is 4.30. The largest absolute Gasteiger partial charge is 0.507 e. The van der Waals surface area contributed by atoms with E-state index in [9.17, 15) is 17.9 Å². The summed E-state index contributed by atoms with van der Waals surface area (Å²) < 4.78 is 44.6. The second-order valence-corrected chi connectivity index (χ2v) is 6.62. The molecule has 129 valence electrons. The smallest absolute Gasteiger partial charge is 0.294 e. The molecule has 0 fully saturated rings. The van der Waals surface area contributed by atoms with Crippen LogP contribution in [0.1, 0.15) is 0 Å². The molecule has 7 nitrogen and oxygen atoms in total. The fourth-order valence-corrected chi connectivity index (χ4v) is 2.82. The Morgan fingerprint density at radius 3 is 2.27 bits per heavy atom. The Hall–Kier alpha value is -2.04. The first-order valence-electron chi connectivity index (χ1n) is 6.96. The minimum absolute atomic E-state index is 0. The average molecular weight is 384 g/mol. The molecule has 0 bridgehead atoms. The molecule has 3 rings (SSSR count). The number of benzene rings is 3. The van der Waals surface area contributed by atoms with Crippen molar-refractivity contribution in [3.63, 3.8) is 0 Å². The standard InChI is InChI=1S/C16H12FN3O4S.Na/c17-10-2-4-11(5-3-10)19-20-16-13(18)6-1-9-7-12(25(22,23)24)8-14(21)15(9)16;/h1-8,21H,18H2,(H,22,23,24);. The summed E-state index contributed by atoms with van der Waals surface area (Å²) in [5.74, 6) is -0.843. The minimum Gasteiger partial charge on any atom is -0.507 e. The number of rotatable bonds is 3. The van der Waals surface area contributed by atoms with E-state index in [0.29, 0.717) is 11.1 Å². The summed E-state index contributed by atoms with van der Waals surface area (Å²) in [5, 5.41) is 18.6. The fourth-order valence-electron chi connectivity index (χ4n) is 2.29. The van der Waals surface area contributed by atoms with Crippen LogP contribution >= 0.6 is 0 Å². The first-order chi connectivity index (χ1) is 11.8. The van der Waals surface area contributed by atoms with Gasteiger partial charge >= 0.3 is 0 Å². The van der Waals surface area contributed by atoms with Crippen molar-refractivity contribution in [3.8, 4) is 5.75 Å². The molecule has 1 radical (unpaired) electrons. The maximum Gasteiger partial charge on any atom is 0.294 e.